The molecule has 0 saturated carbocycles. The third-order valence-electron chi connectivity index (χ3n) is 10.7. The lowest BCUT2D eigenvalue weighted by atomic mass is 9.73. The first-order chi connectivity index (χ1) is 23.6. The molecule has 1 aliphatic rings. The van der Waals surface area contributed by atoms with Crippen LogP contribution in [0.5, 0.6) is 0 Å². The highest BCUT2D eigenvalue weighted by Crippen LogP contribution is 2.40. The Kier molecular flexibility index (Phi) is 9.81. The number of nitrogens with two attached hydrogens (primary N) is 1. The van der Waals surface area contributed by atoms with Gasteiger partial charge in [0, 0.05) is 11.0 Å². The summed E-state index contributed by atoms with van der Waals surface area (Å²) >= 11 is 0. The van der Waals surface area contributed by atoms with Gasteiger partial charge in [-0.25, -0.2) is 0 Å². The van der Waals surface area contributed by atoms with Crippen molar-refractivity contribution in [1.82, 2.24) is 0 Å². The van der Waals surface area contributed by atoms with E-state index in [4.69, 9.17) is 5.73 Å². The van der Waals surface area contributed by atoms with Gasteiger partial charge < -0.3 is 5.73 Å². The van der Waals surface area contributed by atoms with Crippen molar-refractivity contribution in [2.75, 3.05) is 0 Å². The third kappa shape index (κ3) is 7.07. The van der Waals surface area contributed by atoms with E-state index in [1.807, 2.05) is 36.4 Å². The molecule has 0 bridgehead atoms. The molecule has 0 amide bonds. The van der Waals surface area contributed by atoms with E-state index in [1.54, 1.807) is 0 Å². The van der Waals surface area contributed by atoms with Crippen LogP contribution in [-0.4, -0.2) is 6.72 Å². The molecule has 2 N–H and O–H groups in total. The molecule has 1 aliphatic carbocycles. The van der Waals surface area contributed by atoms with Gasteiger partial charge in [0.2, 0.25) is 0 Å². The van der Waals surface area contributed by atoms with E-state index in [0.29, 0.717) is 0 Å². The molecule has 5 aromatic rings. The lowest BCUT2D eigenvalue weighted by Gasteiger charge is -2.31. The minimum Gasteiger partial charge on any atom is -0.321 e. The van der Waals surface area contributed by atoms with E-state index in [-0.39, 0.29) is 11.5 Å². The molecule has 0 saturated heterocycles. The van der Waals surface area contributed by atoms with Crippen LogP contribution in [0.15, 0.2) is 149 Å². The lowest BCUT2D eigenvalue weighted by Crippen LogP contribution is -2.22. The van der Waals surface area contributed by atoms with Crippen molar-refractivity contribution >= 4 is 18.0 Å². The molecule has 1 unspecified atom stereocenters. The van der Waals surface area contributed by atoms with Gasteiger partial charge >= 0.3 is 0 Å². The highest BCUT2D eigenvalue weighted by Gasteiger charge is 2.28. The monoisotopic (exact) mass is 640 g/mol. The molecule has 2 nitrogen and oxygen atoms in total. The van der Waals surface area contributed by atoms with Crippen molar-refractivity contribution < 1.29 is 0 Å². The van der Waals surface area contributed by atoms with Crippen molar-refractivity contribution in [3.8, 4) is 22.3 Å². The number of benzene rings is 5. The fraction of sp³-hybridized carbons (Fsp3) is 0.213. The summed E-state index contributed by atoms with van der Waals surface area (Å²) in [5, 5.41) is 0. The maximum Gasteiger partial charge on any atom is 0.0673 e. The van der Waals surface area contributed by atoms with E-state index in [9.17, 15) is 0 Å². The van der Waals surface area contributed by atoms with Gasteiger partial charge in [-0.1, -0.05) is 140 Å². The molecular formula is C47H48N2. The predicted octanol–water partition coefficient (Wildman–Crippen LogP) is 12.2. The maximum absolute atomic E-state index is 6.53. The number of nitrogens with zero attached hydrogens (tertiary/aromatic N) is 1. The van der Waals surface area contributed by atoms with Crippen LogP contribution in [0.25, 0.3) is 33.5 Å². The zero-order valence-electron chi connectivity index (χ0n) is 29.8. The van der Waals surface area contributed by atoms with E-state index in [0.717, 1.165) is 40.8 Å². The molecule has 0 fully saturated rings. The lowest BCUT2D eigenvalue weighted by molar-refractivity contribution is 0.607. The second kappa shape index (κ2) is 14.2. The standard InChI is InChI=1S/C47H48N2/c1-31-25-32(2)34(4)47(5,6)44-22-12-11-17-40(44)29-42-28-39(23-24-43(42)33(31)3)37-19-13-18-36(26-37)38-20-14-21-41(27-38)46(49-7)30-45(48)35-15-9-8-10-16-35/h8-24,26-28,30,45H,7,25,29,48H2,1-6H3/b33-31-,34-32-,46-30-. The summed E-state index contributed by atoms with van der Waals surface area (Å²) in [6.07, 6.45) is 3.86. The summed E-state index contributed by atoms with van der Waals surface area (Å²) < 4.78 is 0. The Hall–Kier alpha value is -5.05. The first-order valence-electron chi connectivity index (χ1n) is 17.3. The molecule has 2 heteroatoms. The molecule has 246 valence electrons. The van der Waals surface area contributed by atoms with E-state index < -0.39 is 0 Å². The normalized spacial score (nSPS) is 18.6. The van der Waals surface area contributed by atoms with Gasteiger partial charge in [0.05, 0.1) is 11.7 Å². The van der Waals surface area contributed by atoms with Crippen LogP contribution >= 0.6 is 0 Å². The number of fused-ring (bicyclic) bond motifs is 2. The molecule has 49 heavy (non-hydrogen) atoms. The van der Waals surface area contributed by atoms with Crippen molar-refractivity contribution in [3.05, 3.63) is 178 Å². The number of hydrogen-bond donors (Lipinski definition) is 1. The Bertz CT molecular complexity index is 2110. The van der Waals surface area contributed by atoms with E-state index >= 15 is 0 Å². The smallest absolute Gasteiger partial charge is 0.0673 e. The number of rotatable bonds is 6. The first kappa shape index (κ1) is 33.8. The summed E-state index contributed by atoms with van der Waals surface area (Å²) in [6, 6.07) is 43.3. The van der Waals surface area contributed by atoms with Crippen LogP contribution in [0.4, 0.5) is 0 Å². The summed E-state index contributed by atoms with van der Waals surface area (Å²) in [5.41, 5.74) is 25.2. The van der Waals surface area contributed by atoms with Crippen molar-refractivity contribution in [2.24, 2.45) is 10.7 Å². The topological polar surface area (TPSA) is 38.4 Å². The molecule has 0 spiro atoms. The Morgan fingerprint density at radius 3 is 2.02 bits per heavy atom. The zero-order chi connectivity index (χ0) is 34.7. The largest absolute Gasteiger partial charge is 0.321 e. The van der Waals surface area contributed by atoms with Crippen molar-refractivity contribution in [3.63, 3.8) is 0 Å². The quantitative estimate of drug-likeness (QED) is 0.146. The first-order valence-corrected chi connectivity index (χ1v) is 17.3. The SMILES string of the molecule is C=N/C(=C\C(N)c1ccccc1)c1cccc(-c2cccc(-c3ccc4c(c3)Cc3ccccc3C(C)(C)/C(C)=C(/C)C/C(C)=C\4C)c2)c1. The summed E-state index contributed by atoms with van der Waals surface area (Å²) in [6.45, 7) is 17.9. The Morgan fingerprint density at radius 2 is 1.31 bits per heavy atom. The van der Waals surface area contributed by atoms with Crippen LogP contribution in [0.2, 0.25) is 0 Å². The maximum atomic E-state index is 6.53. The van der Waals surface area contributed by atoms with Crippen LogP contribution in [0.3, 0.4) is 0 Å². The zero-order valence-corrected chi connectivity index (χ0v) is 29.8. The van der Waals surface area contributed by atoms with Gasteiger partial charge in [-0.05, 0) is 121 Å². The van der Waals surface area contributed by atoms with Crippen molar-refractivity contribution in [2.45, 2.75) is 65.8 Å². The average Bonchev–Trinajstić information content (AvgIpc) is 3.13. The highest BCUT2D eigenvalue weighted by atomic mass is 14.7. The van der Waals surface area contributed by atoms with Crippen LogP contribution < -0.4 is 5.73 Å². The van der Waals surface area contributed by atoms with Crippen LogP contribution in [0.1, 0.15) is 87.4 Å². The molecule has 1 atom stereocenters. The minimum atomic E-state index is -0.270. The summed E-state index contributed by atoms with van der Waals surface area (Å²) in [7, 11) is 0. The fourth-order valence-electron chi connectivity index (χ4n) is 7.32. The third-order valence-corrected chi connectivity index (χ3v) is 10.7. The molecule has 0 aromatic heterocycles. The van der Waals surface area contributed by atoms with Gasteiger partial charge in [-0.3, -0.25) is 4.99 Å². The molecule has 0 radical (unpaired) electrons. The number of aliphatic imine (C=N–C) groups is 1. The number of hydrogen-bond acceptors (Lipinski definition) is 2. The van der Waals surface area contributed by atoms with Gasteiger partial charge in [-0.2, -0.15) is 0 Å². The fourth-order valence-corrected chi connectivity index (χ4v) is 7.32. The molecule has 5 aromatic carbocycles. The van der Waals surface area contributed by atoms with Crippen molar-refractivity contribution in [1.29, 1.82) is 0 Å². The molecular weight excluding hydrogens is 593 g/mol. The predicted molar refractivity (Wildman–Crippen MR) is 212 cm³/mol. The van der Waals surface area contributed by atoms with E-state index in [2.05, 4.69) is 144 Å². The van der Waals surface area contributed by atoms with Gasteiger partial charge in [0.25, 0.3) is 0 Å². The molecule has 0 heterocycles. The second-order valence-electron chi connectivity index (χ2n) is 14.1. The van der Waals surface area contributed by atoms with E-state index in [1.165, 1.54) is 55.7 Å². The van der Waals surface area contributed by atoms with Gasteiger partial charge in [-0.15, -0.1) is 0 Å². The van der Waals surface area contributed by atoms with Crippen LogP contribution in [-0.2, 0) is 11.8 Å². The van der Waals surface area contributed by atoms with Crippen LogP contribution in [0, 0.1) is 0 Å². The summed E-state index contributed by atoms with van der Waals surface area (Å²) in [4.78, 5) is 4.37. The van der Waals surface area contributed by atoms with Gasteiger partial charge in [0.1, 0.15) is 0 Å². The highest BCUT2D eigenvalue weighted by molar-refractivity contribution is 5.79. The van der Waals surface area contributed by atoms with Gasteiger partial charge in [0.15, 0.2) is 0 Å². The second-order valence-corrected chi connectivity index (χ2v) is 14.1. The average molecular weight is 641 g/mol. The summed E-state index contributed by atoms with van der Waals surface area (Å²) in [5.74, 6) is 0. The Balaban J connectivity index is 1.39. The molecule has 6 rings (SSSR count). The molecule has 0 aliphatic heterocycles. The Labute approximate surface area is 293 Å². The number of allylic oxidation sites excluding steroid dienone is 4. The Morgan fingerprint density at radius 1 is 0.673 bits per heavy atom. The minimum absolute atomic E-state index is 0.0529.